The highest BCUT2D eigenvalue weighted by molar-refractivity contribution is 7.89. The maximum atomic E-state index is 12.7. The third kappa shape index (κ3) is 6.80. The summed E-state index contributed by atoms with van der Waals surface area (Å²) in [5.41, 5.74) is 0.687. The Labute approximate surface area is 172 Å². The van der Waals surface area contributed by atoms with E-state index in [-0.39, 0.29) is 16.5 Å². The van der Waals surface area contributed by atoms with Crippen LogP contribution in [0, 0.1) is 6.92 Å². The lowest BCUT2D eigenvalue weighted by atomic mass is 9.96. The van der Waals surface area contributed by atoms with Crippen LogP contribution in [0.3, 0.4) is 0 Å². The van der Waals surface area contributed by atoms with Gasteiger partial charge in [0.15, 0.2) is 6.10 Å². The zero-order valence-corrected chi connectivity index (χ0v) is 18.0. The highest BCUT2D eigenvalue weighted by Gasteiger charge is 2.25. The number of sulfonamides is 1. The lowest BCUT2D eigenvalue weighted by molar-refractivity contribution is -0.129. The van der Waals surface area contributed by atoms with Gasteiger partial charge in [0, 0.05) is 19.7 Å². The van der Waals surface area contributed by atoms with Crippen LogP contribution < -0.4 is 10.0 Å². The second-order valence-corrected chi connectivity index (χ2v) is 8.98. The fourth-order valence-electron chi connectivity index (χ4n) is 3.19. The average Bonchev–Trinajstić information content (AvgIpc) is 2.68. The molecule has 1 amide bonds. The molecule has 8 nitrogen and oxygen atoms in total. The summed E-state index contributed by atoms with van der Waals surface area (Å²) in [6.45, 7) is 3.79. The van der Waals surface area contributed by atoms with Crippen LogP contribution in [0.5, 0.6) is 0 Å². The number of carbonyl (C=O) groups is 2. The molecule has 1 atom stereocenters. The molecular weight excluding hydrogens is 396 g/mol. The van der Waals surface area contributed by atoms with Crippen molar-refractivity contribution in [1.82, 2.24) is 10.0 Å². The van der Waals surface area contributed by atoms with Gasteiger partial charge in [-0.3, -0.25) is 4.79 Å². The molecule has 9 heteroatoms. The smallest absolute Gasteiger partial charge is 0.339 e. The van der Waals surface area contributed by atoms with Gasteiger partial charge < -0.3 is 14.8 Å². The number of rotatable bonds is 9. The summed E-state index contributed by atoms with van der Waals surface area (Å²) >= 11 is 0. The lowest BCUT2D eigenvalue weighted by Crippen LogP contribution is -2.37. The molecule has 29 heavy (non-hydrogen) atoms. The van der Waals surface area contributed by atoms with Gasteiger partial charge in [0.25, 0.3) is 5.91 Å². The van der Waals surface area contributed by atoms with E-state index in [1.807, 2.05) is 0 Å². The monoisotopic (exact) mass is 426 g/mol. The number of methoxy groups -OCH3 is 1. The minimum absolute atomic E-state index is 0.0119. The third-order valence-corrected chi connectivity index (χ3v) is 6.44. The summed E-state index contributed by atoms with van der Waals surface area (Å²) in [4.78, 5) is 24.5. The van der Waals surface area contributed by atoms with Gasteiger partial charge in [0.1, 0.15) is 0 Å². The summed E-state index contributed by atoms with van der Waals surface area (Å²) in [6, 6.07) is 4.26. The van der Waals surface area contributed by atoms with Crippen LogP contribution in [-0.4, -0.2) is 52.7 Å². The van der Waals surface area contributed by atoms with E-state index in [9.17, 15) is 18.0 Å². The Morgan fingerprint density at radius 1 is 1.21 bits per heavy atom. The molecule has 0 heterocycles. The van der Waals surface area contributed by atoms with Gasteiger partial charge in [-0.25, -0.2) is 17.9 Å². The first-order valence-electron chi connectivity index (χ1n) is 9.85. The van der Waals surface area contributed by atoms with E-state index in [2.05, 4.69) is 10.0 Å². The molecular formula is C20H30N2O6S. The van der Waals surface area contributed by atoms with Gasteiger partial charge in [-0.2, -0.15) is 0 Å². The Morgan fingerprint density at radius 3 is 2.55 bits per heavy atom. The van der Waals surface area contributed by atoms with E-state index in [1.165, 1.54) is 26.2 Å². The minimum atomic E-state index is -3.74. The molecule has 2 N–H and O–H groups in total. The van der Waals surface area contributed by atoms with Gasteiger partial charge in [0.2, 0.25) is 10.0 Å². The number of hydrogen-bond acceptors (Lipinski definition) is 6. The first kappa shape index (κ1) is 23.3. The van der Waals surface area contributed by atoms with E-state index in [0.717, 1.165) is 32.1 Å². The Kier molecular flexibility index (Phi) is 8.60. The topological polar surface area (TPSA) is 111 Å². The van der Waals surface area contributed by atoms with Crippen molar-refractivity contribution in [2.24, 2.45) is 0 Å². The van der Waals surface area contributed by atoms with E-state index in [1.54, 1.807) is 13.0 Å². The van der Waals surface area contributed by atoms with Gasteiger partial charge in [-0.1, -0.05) is 25.3 Å². The zero-order valence-electron chi connectivity index (χ0n) is 17.2. The van der Waals surface area contributed by atoms with Crippen molar-refractivity contribution in [2.75, 3.05) is 20.3 Å². The van der Waals surface area contributed by atoms with Crippen LogP contribution in [0.25, 0.3) is 0 Å². The molecule has 0 radical (unpaired) electrons. The molecule has 0 bridgehead atoms. The molecule has 1 aliphatic carbocycles. The third-order valence-electron chi connectivity index (χ3n) is 4.92. The number of benzene rings is 1. The van der Waals surface area contributed by atoms with E-state index in [0.29, 0.717) is 18.7 Å². The minimum Gasteiger partial charge on any atom is -0.449 e. The van der Waals surface area contributed by atoms with Gasteiger partial charge in [-0.15, -0.1) is 0 Å². The number of hydrogen-bond donors (Lipinski definition) is 2. The quantitative estimate of drug-likeness (QED) is 0.461. The molecule has 162 valence electrons. The van der Waals surface area contributed by atoms with Crippen LogP contribution in [0.4, 0.5) is 0 Å². The largest absolute Gasteiger partial charge is 0.449 e. The molecule has 1 aliphatic rings. The van der Waals surface area contributed by atoms with Crippen molar-refractivity contribution in [1.29, 1.82) is 0 Å². The van der Waals surface area contributed by atoms with Crippen LogP contribution in [-0.2, 0) is 24.3 Å². The fraction of sp³-hybridized carbons (Fsp3) is 0.600. The number of ether oxygens (including phenoxy) is 2. The Hall–Kier alpha value is -1.97. The lowest BCUT2D eigenvalue weighted by Gasteiger charge is -2.22. The van der Waals surface area contributed by atoms with E-state index in [4.69, 9.17) is 9.47 Å². The van der Waals surface area contributed by atoms with Crippen molar-refractivity contribution in [3.8, 4) is 0 Å². The molecule has 0 spiro atoms. The molecule has 1 aromatic carbocycles. The van der Waals surface area contributed by atoms with Crippen molar-refractivity contribution in [2.45, 2.75) is 63.0 Å². The number of aryl methyl sites for hydroxylation is 1. The number of amides is 1. The normalized spacial score (nSPS) is 16.2. The fourth-order valence-corrected chi connectivity index (χ4v) is 4.52. The molecule has 0 saturated heterocycles. The summed E-state index contributed by atoms with van der Waals surface area (Å²) in [5.74, 6) is -1.19. The van der Waals surface area contributed by atoms with E-state index >= 15 is 0 Å². The second kappa shape index (κ2) is 10.7. The van der Waals surface area contributed by atoms with E-state index < -0.39 is 28.0 Å². The standard InChI is InChI=1S/C20H30N2O6S/c1-14-9-10-17(29(25,26)22-16-7-5-4-6-8-16)13-18(14)20(24)28-15(2)19(23)21-11-12-27-3/h9-10,13,15-16,22H,4-8,11-12H2,1-3H3,(H,21,23)/t15-/m1/s1. The molecule has 1 fully saturated rings. The predicted molar refractivity (Wildman–Crippen MR) is 108 cm³/mol. The first-order valence-corrected chi connectivity index (χ1v) is 11.3. The van der Waals surface area contributed by atoms with Gasteiger partial charge in [-0.05, 0) is 44.4 Å². The molecule has 1 aromatic rings. The molecule has 0 unspecified atom stereocenters. The number of carbonyl (C=O) groups excluding carboxylic acids is 2. The molecule has 0 aliphatic heterocycles. The van der Waals surface area contributed by atoms with Crippen LogP contribution >= 0.6 is 0 Å². The zero-order chi connectivity index (χ0) is 21.4. The molecule has 2 rings (SSSR count). The summed E-state index contributed by atoms with van der Waals surface area (Å²) in [6.07, 6.45) is 3.74. The van der Waals surface area contributed by atoms with Crippen molar-refractivity contribution >= 4 is 21.9 Å². The number of nitrogens with one attached hydrogen (secondary N) is 2. The Bertz CT molecular complexity index is 818. The first-order chi connectivity index (χ1) is 13.7. The second-order valence-electron chi connectivity index (χ2n) is 7.26. The molecule has 1 saturated carbocycles. The number of esters is 1. The predicted octanol–water partition coefficient (Wildman–Crippen LogP) is 1.91. The highest BCUT2D eigenvalue weighted by atomic mass is 32.2. The molecule has 0 aromatic heterocycles. The van der Waals surface area contributed by atoms with Crippen LogP contribution in [0.2, 0.25) is 0 Å². The van der Waals surface area contributed by atoms with Gasteiger partial charge in [0.05, 0.1) is 17.1 Å². The SMILES string of the molecule is COCCNC(=O)[C@@H](C)OC(=O)c1cc(S(=O)(=O)NC2CCCCC2)ccc1C. The van der Waals surface area contributed by atoms with Crippen LogP contribution in [0.15, 0.2) is 23.1 Å². The summed E-state index contributed by atoms with van der Waals surface area (Å²) < 4.78 is 38.3. The maximum absolute atomic E-state index is 12.7. The average molecular weight is 427 g/mol. The van der Waals surface area contributed by atoms with Crippen molar-refractivity contribution in [3.63, 3.8) is 0 Å². The maximum Gasteiger partial charge on any atom is 0.339 e. The van der Waals surface area contributed by atoms with Crippen molar-refractivity contribution < 1.29 is 27.5 Å². The highest BCUT2D eigenvalue weighted by Crippen LogP contribution is 2.22. The summed E-state index contributed by atoms with van der Waals surface area (Å²) in [5, 5.41) is 2.59. The Morgan fingerprint density at radius 2 is 1.90 bits per heavy atom. The van der Waals surface area contributed by atoms with Gasteiger partial charge >= 0.3 is 5.97 Å². The van der Waals surface area contributed by atoms with Crippen LogP contribution in [0.1, 0.15) is 54.9 Å². The Balaban J connectivity index is 2.08. The van der Waals surface area contributed by atoms with Crippen molar-refractivity contribution in [3.05, 3.63) is 29.3 Å². The summed E-state index contributed by atoms with van der Waals surface area (Å²) in [7, 11) is -2.23.